The topological polar surface area (TPSA) is 72.0 Å². The molecule has 0 saturated heterocycles. The number of hydrogen-bond donors (Lipinski definition) is 1. The highest BCUT2D eigenvalue weighted by molar-refractivity contribution is 7.89. The summed E-state index contributed by atoms with van der Waals surface area (Å²) in [6, 6.07) is 1.96. The fourth-order valence-electron chi connectivity index (χ4n) is 2.52. The molecular formula is C13H21N3O2S. The Morgan fingerprint density at radius 3 is 2.58 bits per heavy atom. The molecule has 0 spiro atoms. The van der Waals surface area contributed by atoms with Gasteiger partial charge in [0.15, 0.2) is 9.84 Å². The van der Waals surface area contributed by atoms with E-state index in [1.54, 1.807) is 0 Å². The van der Waals surface area contributed by atoms with Crippen molar-refractivity contribution < 1.29 is 8.42 Å². The average molecular weight is 283 g/mol. The number of hydrogen-bond acceptors (Lipinski definition) is 5. The summed E-state index contributed by atoms with van der Waals surface area (Å²) in [4.78, 5) is 8.73. The molecule has 0 radical (unpaired) electrons. The Hall–Kier alpha value is -1.17. The van der Waals surface area contributed by atoms with E-state index in [0.29, 0.717) is 11.7 Å². The SMILES string of the molecule is CCNc1cc(C2CCCC2)nc(CS(C)(=O)=O)n1. The molecule has 1 fully saturated rings. The molecule has 0 unspecified atom stereocenters. The first kappa shape index (κ1) is 14.2. The van der Waals surface area contributed by atoms with Crippen LogP contribution in [0.3, 0.4) is 0 Å². The van der Waals surface area contributed by atoms with Gasteiger partial charge in [0.05, 0.1) is 0 Å². The summed E-state index contributed by atoms with van der Waals surface area (Å²) in [5.41, 5.74) is 0.988. The highest BCUT2D eigenvalue weighted by Gasteiger charge is 2.20. The first-order valence-corrected chi connectivity index (χ1v) is 8.83. The highest BCUT2D eigenvalue weighted by Crippen LogP contribution is 2.33. The van der Waals surface area contributed by atoms with Crippen LogP contribution in [0.25, 0.3) is 0 Å². The van der Waals surface area contributed by atoms with Crippen LogP contribution in [0.1, 0.15) is 50.0 Å². The molecule has 19 heavy (non-hydrogen) atoms. The highest BCUT2D eigenvalue weighted by atomic mass is 32.2. The summed E-state index contributed by atoms with van der Waals surface area (Å²) in [5, 5.41) is 3.15. The average Bonchev–Trinajstić information content (AvgIpc) is 2.79. The molecule has 1 N–H and O–H groups in total. The van der Waals surface area contributed by atoms with Gasteiger partial charge in [0, 0.05) is 30.5 Å². The van der Waals surface area contributed by atoms with Crippen molar-refractivity contribution in [1.82, 2.24) is 9.97 Å². The van der Waals surface area contributed by atoms with E-state index in [-0.39, 0.29) is 5.75 Å². The fourth-order valence-corrected chi connectivity index (χ4v) is 3.12. The van der Waals surface area contributed by atoms with E-state index in [2.05, 4.69) is 15.3 Å². The molecule has 106 valence electrons. The molecule has 2 rings (SSSR count). The first-order chi connectivity index (χ1) is 8.98. The molecule has 0 aromatic carbocycles. The maximum absolute atomic E-state index is 11.4. The predicted octanol–water partition coefficient (Wildman–Crippen LogP) is 2.11. The smallest absolute Gasteiger partial charge is 0.154 e. The maximum Gasteiger partial charge on any atom is 0.154 e. The van der Waals surface area contributed by atoms with Gasteiger partial charge in [0.1, 0.15) is 17.4 Å². The monoisotopic (exact) mass is 283 g/mol. The Morgan fingerprint density at radius 2 is 2.00 bits per heavy atom. The quantitative estimate of drug-likeness (QED) is 0.896. The van der Waals surface area contributed by atoms with Crippen LogP contribution in [0.5, 0.6) is 0 Å². The van der Waals surface area contributed by atoms with Gasteiger partial charge in [-0.1, -0.05) is 12.8 Å². The number of sulfone groups is 1. The molecule has 1 aromatic heterocycles. The zero-order chi connectivity index (χ0) is 13.9. The van der Waals surface area contributed by atoms with Gasteiger partial charge in [-0.15, -0.1) is 0 Å². The Bertz CT molecular complexity index is 537. The lowest BCUT2D eigenvalue weighted by molar-refractivity contribution is 0.599. The molecular weight excluding hydrogens is 262 g/mol. The minimum atomic E-state index is -3.10. The summed E-state index contributed by atoms with van der Waals surface area (Å²) in [6.45, 7) is 2.76. The maximum atomic E-state index is 11.4. The standard InChI is InChI=1S/C13H21N3O2S/c1-3-14-12-8-11(10-6-4-5-7-10)15-13(16-12)9-19(2,17)18/h8,10H,3-7,9H2,1-2H3,(H,14,15,16). The van der Waals surface area contributed by atoms with Gasteiger partial charge < -0.3 is 5.32 Å². The van der Waals surface area contributed by atoms with Gasteiger partial charge in [-0.05, 0) is 19.8 Å². The third-order valence-corrected chi connectivity index (χ3v) is 4.10. The second-order valence-corrected chi connectivity index (χ2v) is 7.32. The third-order valence-electron chi connectivity index (χ3n) is 3.31. The molecule has 0 aliphatic heterocycles. The van der Waals surface area contributed by atoms with Gasteiger partial charge in [-0.3, -0.25) is 0 Å². The van der Waals surface area contributed by atoms with Gasteiger partial charge >= 0.3 is 0 Å². The number of rotatable bonds is 5. The van der Waals surface area contributed by atoms with E-state index in [9.17, 15) is 8.42 Å². The molecule has 1 aromatic rings. The Morgan fingerprint density at radius 1 is 1.32 bits per heavy atom. The minimum absolute atomic E-state index is 0.0913. The summed E-state index contributed by atoms with van der Waals surface area (Å²) in [6.07, 6.45) is 5.95. The fraction of sp³-hybridized carbons (Fsp3) is 0.692. The second-order valence-electron chi connectivity index (χ2n) is 5.18. The molecule has 6 heteroatoms. The van der Waals surface area contributed by atoms with E-state index in [0.717, 1.165) is 30.9 Å². The van der Waals surface area contributed by atoms with Crippen LogP contribution < -0.4 is 5.32 Å². The predicted molar refractivity (Wildman–Crippen MR) is 76.0 cm³/mol. The van der Waals surface area contributed by atoms with Crippen molar-refractivity contribution >= 4 is 15.7 Å². The third kappa shape index (κ3) is 4.16. The van der Waals surface area contributed by atoms with Crippen molar-refractivity contribution in [3.8, 4) is 0 Å². The lowest BCUT2D eigenvalue weighted by Crippen LogP contribution is -2.11. The number of nitrogens with zero attached hydrogens (tertiary/aromatic N) is 2. The van der Waals surface area contributed by atoms with Crippen molar-refractivity contribution in [2.24, 2.45) is 0 Å². The first-order valence-electron chi connectivity index (χ1n) is 6.77. The number of nitrogens with one attached hydrogen (secondary N) is 1. The van der Waals surface area contributed by atoms with E-state index >= 15 is 0 Å². The number of anilines is 1. The van der Waals surface area contributed by atoms with E-state index in [1.807, 2.05) is 13.0 Å². The minimum Gasteiger partial charge on any atom is -0.370 e. The van der Waals surface area contributed by atoms with Crippen molar-refractivity contribution in [3.63, 3.8) is 0 Å². The van der Waals surface area contributed by atoms with Gasteiger partial charge in [0.25, 0.3) is 0 Å². The Kier molecular flexibility index (Phi) is 4.39. The number of aromatic nitrogens is 2. The molecule has 0 atom stereocenters. The molecule has 0 bridgehead atoms. The van der Waals surface area contributed by atoms with E-state index in [1.165, 1.54) is 19.1 Å². The van der Waals surface area contributed by atoms with Crippen LogP contribution in [0.15, 0.2) is 6.07 Å². The van der Waals surface area contributed by atoms with Crippen molar-refractivity contribution in [2.75, 3.05) is 18.1 Å². The van der Waals surface area contributed by atoms with Crippen molar-refractivity contribution in [2.45, 2.75) is 44.3 Å². The van der Waals surface area contributed by atoms with Crippen LogP contribution in [-0.4, -0.2) is 31.2 Å². The van der Waals surface area contributed by atoms with Crippen molar-refractivity contribution in [1.29, 1.82) is 0 Å². The van der Waals surface area contributed by atoms with Gasteiger partial charge in [0.2, 0.25) is 0 Å². The van der Waals surface area contributed by atoms with Crippen LogP contribution in [-0.2, 0) is 15.6 Å². The molecule has 1 saturated carbocycles. The molecule has 0 amide bonds. The van der Waals surface area contributed by atoms with Crippen molar-refractivity contribution in [3.05, 3.63) is 17.6 Å². The lowest BCUT2D eigenvalue weighted by Gasteiger charge is -2.12. The van der Waals surface area contributed by atoms with Gasteiger partial charge in [-0.25, -0.2) is 18.4 Å². The van der Waals surface area contributed by atoms with Crippen LogP contribution in [0.4, 0.5) is 5.82 Å². The van der Waals surface area contributed by atoms with E-state index < -0.39 is 9.84 Å². The van der Waals surface area contributed by atoms with Crippen LogP contribution in [0, 0.1) is 0 Å². The van der Waals surface area contributed by atoms with Crippen LogP contribution >= 0.6 is 0 Å². The summed E-state index contributed by atoms with van der Waals surface area (Å²) < 4.78 is 22.8. The summed E-state index contributed by atoms with van der Waals surface area (Å²) in [5.74, 6) is 1.51. The zero-order valence-corrected chi connectivity index (χ0v) is 12.3. The summed E-state index contributed by atoms with van der Waals surface area (Å²) >= 11 is 0. The largest absolute Gasteiger partial charge is 0.370 e. The lowest BCUT2D eigenvalue weighted by atomic mass is 10.0. The molecule has 1 heterocycles. The zero-order valence-electron chi connectivity index (χ0n) is 11.5. The Balaban J connectivity index is 2.31. The Labute approximate surface area is 114 Å². The summed E-state index contributed by atoms with van der Waals surface area (Å²) in [7, 11) is -3.10. The second kappa shape index (κ2) is 5.86. The molecule has 1 aliphatic carbocycles. The van der Waals surface area contributed by atoms with Crippen LogP contribution in [0.2, 0.25) is 0 Å². The van der Waals surface area contributed by atoms with Gasteiger partial charge in [-0.2, -0.15) is 0 Å². The molecule has 5 nitrogen and oxygen atoms in total. The normalized spacial score (nSPS) is 16.7. The molecule has 1 aliphatic rings. The van der Waals surface area contributed by atoms with E-state index in [4.69, 9.17) is 0 Å².